The lowest BCUT2D eigenvalue weighted by atomic mass is 10.1. The first kappa shape index (κ1) is 19.1. The van der Waals surface area contributed by atoms with E-state index >= 15 is 0 Å². The molecule has 0 aliphatic carbocycles. The molecule has 1 aliphatic heterocycles. The highest BCUT2D eigenvalue weighted by molar-refractivity contribution is 6.30. The van der Waals surface area contributed by atoms with Crippen molar-refractivity contribution in [2.24, 2.45) is 0 Å². The van der Waals surface area contributed by atoms with Gasteiger partial charge in [0.05, 0.1) is 11.1 Å². The van der Waals surface area contributed by atoms with Gasteiger partial charge in [0.2, 0.25) is 5.91 Å². The molecule has 0 aromatic heterocycles. The number of aryl methyl sites for hydroxylation is 1. The number of nitrogens with zero attached hydrogens (tertiary/aromatic N) is 1. The lowest BCUT2D eigenvalue weighted by Gasteiger charge is -2.16. The normalized spacial score (nSPS) is 14.3. The molecule has 0 spiro atoms. The van der Waals surface area contributed by atoms with Crippen molar-refractivity contribution < 1.29 is 14.4 Å². The fourth-order valence-corrected chi connectivity index (χ4v) is 3.32. The number of rotatable bonds is 6. The van der Waals surface area contributed by atoms with Crippen molar-refractivity contribution in [2.75, 3.05) is 6.54 Å². The largest absolute Gasteiger partial charge is 0.353 e. The maximum absolute atomic E-state index is 12.4. The topological polar surface area (TPSA) is 66.5 Å². The lowest BCUT2D eigenvalue weighted by molar-refractivity contribution is -0.121. The summed E-state index contributed by atoms with van der Waals surface area (Å²) in [5, 5.41) is 3.58. The van der Waals surface area contributed by atoms with Crippen LogP contribution < -0.4 is 5.32 Å². The zero-order chi connectivity index (χ0) is 19.6. The van der Waals surface area contributed by atoms with Crippen molar-refractivity contribution in [3.05, 3.63) is 69.7 Å². The Bertz CT molecular complexity index is 893. The van der Waals surface area contributed by atoms with Crippen LogP contribution in [0.15, 0.2) is 42.5 Å². The van der Waals surface area contributed by atoms with Gasteiger partial charge in [-0.25, -0.2) is 0 Å². The summed E-state index contributed by atoms with van der Waals surface area (Å²) in [6.45, 7) is 3.86. The number of hydrogen-bond acceptors (Lipinski definition) is 3. The predicted octanol–water partition coefficient (Wildman–Crippen LogP) is 3.38. The number of amides is 3. The highest BCUT2D eigenvalue weighted by Gasteiger charge is 2.35. The monoisotopic (exact) mass is 384 g/mol. The molecule has 2 aromatic carbocycles. The number of carbonyl (C=O) groups is 3. The van der Waals surface area contributed by atoms with E-state index in [0.717, 1.165) is 16.0 Å². The van der Waals surface area contributed by atoms with Gasteiger partial charge < -0.3 is 5.32 Å². The second kappa shape index (κ2) is 7.92. The lowest BCUT2D eigenvalue weighted by Crippen LogP contribution is -2.38. The molecule has 1 N–H and O–H groups in total. The first-order chi connectivity index (χ1) is 12.8. The Kier molecular flexibility index (Phi) is 5.61. The second-order valence-corrected chi connectivity index (χ2v) is 7.30. The maximum Gasteiger partial charge on any atom is 0.261 e. The van der Waals surface area contributed by atoms with Gasteiger partial charge in [0.1, 0.15) is 0 Å². The van der Waals surface area contributed by atoms with E-state index in [1.807, 2.05) is 38.1 Å². The third kappa shape index (κ3) is 4.37. The highest BCUT2D eigenvalue weighted by Crippen LogP contribution is 2.24. The molecule has 3 amide bonds. The van der Waals surface area contributed by atoms with Crippen LogP contribution in [-0.2, 0) is 11.2 Å². The third-order valence-electron chi connectivity index (χ3n) is 4.55. The molecular weight excluding hydrogens is 364 g/mol. The van der Waals surface area contributed by atoms with E-state index in [0.29, 0.717) is 22.6 Å². The second-order valence-electron chi connectivity index (χ2n) is 6.86. The zero-order valence-electron chi connectivity index (χ0n) is 15.3. The number of carbonyl (C=O) groups excluding carboxylic acids is 3. The Morgan fingerprint density at radius 3 is 2.44 bits per heavy atom. The SMILES string of the molecule is Cc1ccc2c(c1)C(=O)N(CCC(=O)N[C@@H](C)Cc1ccc(Cl)cc1)C2=O. The van der Waals surface area contributed by atoms with Gasteiger partial charge in [-0.15, -0.1) is 0 Å². The van der Waals surface area contributed by atoms with Crippen LogP contribution in [0.5, 0.6) is 0 Å². The van der Waals surface area contributed by atoms with Crippen molar-refractivity contribution in [1.29, 1.82) is 0 Å². The van der Waals surface area contributed by atoms with E-state index in [9.17, 15) is 14.4 Å². The number of imide groups is 1. The van der Waals surface area contributed by atoms with Crippen LogP contribution in [0.1, 0.15) is 45.2 Å². The molecule has 0 bridgehead atoms. The minimum atomic E-state index is -0.336. The molecule has 0 radical (unpaired) electrons. The van der Waals surface area contributed by atoms with Crippen molar-refractivity contribution >= 4 is 29.3 Å². The van der Waals surface area contributed by atoms with Gasteiger partial charge in [0.25, 0.3) is 11.8 Å². The minimum absolute atomic E-state index is 0.0662. The van der Waals surface area contributed by atoms with Crippen molar-refractivity contribution in [3.8, 4) is 0 Å². The average molecular weight is 385 g/mol. The van der Waals surface area contributed by atoms with Crippen LogP contribution in [0.3, 0.4) is 0 Å². The first-order valence-corrected chi connectivity index (χ1v) is 9.23. The van der Waals surface area contributed by atoms with E-state index in [2.05, 4.69) is 5.32 Å². The molecule has 0 saturated heterocycles. The van der Waals surface area contributed by atoms with Crippen LogP contribution >= 0.6 is 11.6 Å². The molecular formula is C21H21ClN2O3. The van der Waals surface area contributed by atoms with E-state index < -0.39 is 0 Å². The molecule has 0 saturated carbocycles. The summed E-state index contributed by atoms with van der Waals surface area (Å²) < 4.78 is 0. The molecule has 0 fully saturated rings. The summed E-state index contributed by atoms with van der Waals surface area (Å²) in [4.78, 5) is 38.2. The van der Waals surface area contributed by atoms with Gasteiger partial charge in [0.15, 0.2) is 0 Å². The summed E-state index contributed by atoms with van der Waals surface area (Å²) in [5.74, 6) is -0.859. The van der Waals surface area contributed by atoms with E-state index in [-0.39, 0.29) is 36.7 Å². The fraction of sp³-hybridized carbons (Fsp3) is 0.286. The van der Waals surface area contributed by atoms with Gasteiger partial charge in [0, 0.05) is 24.0 Å². The molecule has 27 heavy (non-hydrogen) atoms. The molecule has 5 nitrogen and oxygen atoms in total. The summed E-state index contributed by atoms with van der Waals surface area (Å²) in [5.41, 5.74) is 2.81. The number of benzene rings is 2. The molecule has 6 heteroatoms. The Labute approximate surface area is 163 Å². The summed E-state index contributed by atoms with van der Waals surface area (Å²) in [7, 11) is 0. The quantitative estimate of drug-likeness (QED) is 0.776. The Morgan fingerprint density at radius 2 is 1.74 bits per heavy atom. The van der Waals surface area contributed by atoms with Crippen LogP contribution in [0.25, 0.3) is 0 Å². The van der Waals surface area contributed by atoms with Crippen molar-refractivity contribution in [3.63, 3.8) is 0 Å². The molecule has 140 valence electrons. The van der Waals surface area contributed by atoms with Crippen LogP contribution in [0.2, 0.25) is 5.02 Å². The predicted molar refractivity (Wildman–Crippen MR) is 104 cm³/mol. The van der Waals surface area contributed by atoms with Gasteiger partial charge in [-0.1, -0.05) is 35.4 Å². The molecule has 3 rings (SSSR count). The van der Waals surface area contributed by atoms with Gasteiger partial charge in [-0.05, 0) is 50.1 Å². The first-order valence-electron chi connectivity index (χ1n) is 8.86. The summed E-state index contributed by atoms with van der Waals surface area (Å²) in [6, 6.07) is 12.6. The van der Waals surface area contributed by atoms with E-state index in [1.165, 1.54) is 0 Å². The molecule has 0 unspecified atom stereocenters. The molecule has 2 aromatic rings. The number of hydrogen-bond donors (Lipinski definition) is 1. The number of halogens is 1. The van der Waals surface area contributed by atoms with Gasteiger partial charge in [-0.2, -0.15) is 0 Å². The average Bonchev–Trinajstić information content (AvgIpc) is 2.85. The summed E-state index contributed by atoms with van der Waals surface area (Å²) in [6.07, 6.45) is 0.755. The molecule has 1 heterocycles. The van der Waals surface area contributed by atoms with Crippen LogP contribution in [0, 0.1) is 6.92 Å². The minimum Gasteiger partial charge on any atom is -0.353 e. The fourth-order valence-electron chi connectivity index (χ4n) is 3.19. The zero-order valence-corrected chi connectivity index (χ0v) is 16.0. The third-order valence-corrected chi connectivity index (χ3v) is 4.80. The summed E-state index contributed by atoms with van der Waals surface area (Å²) >= 11 is 5.87. The Morgan fingerprint density at radius 1 is 1.07 bits per heavy atom. The van der Waals surface area contributed by atoms with E-state index in [4.69, 9.17) is 11.6 Å². The highest BCUT2D eigenvalue weighted by atomic mass is 35.5. The van der Waals surface area contributed by atoms with Crippen LogP contribution in [0.4, 0.5) is 0 Å². The number of fused-ring (bicyclic) bond motifs is 1. The molecule has 1 aliphatic rings. The van der Waals surface area contributed by atoms with Crippen LogP contribution in [-0.4, -0.2) is 35.2 Å². The maximum atomic E-state index is 12.4. The number of nitrogens with one attached hydrogen (secondary N) is 1. The van der Waals surface area contributed by atoms with Gasteiger partial charge >= 0.3 is 0 Å². The molecule has 1 atom stereocenters. The smallest absolute Gasteiger partial charge is 0.261 e. The Balaban J connectivity index is 1.53. The van der Waals surface area contributed by atoms with Gasteiger partial charge in [-0.3, -0.25) is 19.3 Å². The standard InChI is InChI=1S/C21H21ClN2O3/c1-13-3-8-17-18(11-13)21(27)24(20(17)26)10-9-19(25)23-14(2)12-15-4-6-16(22)7-5-15/h3-8,11,14H,9-10,12H2,1-2H3,(H,23,25)/t14-/m0/s1. The van der Waals surface area contributed by atoms with Crippen molar-refractivity contribution in [2.45, 2.75) is 32.7 Å². The Hall–Kier alpha value is -2.66. The van der Waals surface area contributed by atoms with Crippen molar-refractivity contribution in [1.82, 2.24) is 10.2 Å². The van der Waals surface area contributed by atoms with E-state index in [1.54, 1.807) is 18.2 Å².